The SMILES string of the molecule is COC(=O)C1(C2(c3ccc(C)cc3)COC2)CCC1. The van der Waals surface area contributed by atoms with E-state index in [0.717, 1.165) is 19.3 Å². The molecule has 0 aromatic heterocycles. The molecule has 19 heavy (non-hydrogen) atoms. The minimum atomic E-state index is -0.366. The molecule has 0 N–H and O–H groups in total. The summed E-state index contributed by atoms with van der Waals surface area (Å²) in [5, 5.41) is 0. The zero-order valence-corrected chi connectivity index (χ0v) is 11.6. The Morgan fingerprint density at radius 3 is 2.21 bits per heavy atom. The van der Waals surface area contributed by atoms with Gasteiger partial charge in [-0.05, 0) is 25.3 Å². The summed E-state index contributed by atoms with van der Waals surface area (Å²) in [6, 6.07) is 8.50. The van der Waals surface area contributed by atoms with E-state index in [4.69, 9.17) is 9.47 Å². The van der Waals surface area contributed by atoms with E-state index in [1.54, 1.807) is 0 Å². The first-order valence-electron chi connectivity index (χ1n) is 6.88. The van der Waals surface area contributed by atoms with Gasteiger partial charge in [-0.15, -0.1) is 0 Å². The first-order chi connectivity index (χ1) is 9.14. The van der Waals surface area contributed by atoms with Crippen LogP contribution >= 0.6 is 0 Å². The van der Waals surface area contributed by atoms with Gasteiger partial charge >= 0.3 is 5.97 Å². The third kappa shape index (κ3) is 1.57. The Morgan fingerprint density at radius 2 is 1.84 bits per heavy atom. The summed E-state index contributed by atoms with van der Waals surface area (Å²) < 4.78 is 10.6. The minimum Gasteiger partial charge on any atom is -0.469 e. The molecule has 0 bridgehead atoms. The van der Waals surface area contributed by atoms with Crippen LogP contribution in [0.15, 0.2) is 24.3 Å². The molecule has 1 saturated carbocycles. The number of aryl methyl sites for hydroxylation is 1. The van der Waals surface area contributed by atoms with Gasteiger partial charge in [0.2, 0.25) is 0 Å². The average molecular weight is 260 g/mol. The van der Waals surface area contributed by atoms with E-state index >= 15 is 0 Å². The number of hydrogen-bond donors (Lipinski definition) is 0. The predicted molar refractivity (Wildman–Crippen MR) is 72.0 cm³/mol. The Hall–Kier alpha value is -1.35. The molecule has 1 aliphatic carbocycles. The number of esters is 1. The van der Waals surface area contributed by atoms with E-state index in [2.05, 4.69) is 31.2 Å². The molecule has 102 valence electrons. The van der Waals surface area contributed by atoms with E-state index < -0.39 is 0 Å². The second-order valence-corrected chi connectivity index (χ2v) is 5.87. The van der Waals surface area contributed by atoms with Crippen LogP contribution in [0.3, 0.4) is 0 Å². The zero-order chi connectivity index (χ0) is 13.5. The van der Waals surface area contributed by atoms with Crippen molar-refractivity contribution < 1.29 is 14.3 Å². The number of methoxy groups -OCH3 is 1. The number of rotatable bonds is 3. The van der Waals surface area contributed by atoms with E-state index in [1.807, 2.05) is 0 Å². The summed E-state index contributed by atoms with van der Waals surface area (Å²) in [4.78, 5) is 12.3. The van der Waals surface area contributed by atoms with E-state index in [0.29, 0.717) is 13.2 Å². The molecule has 0 amide bonds. The van der Waals surface area contributed by atoms with E-state index in [9.17, 15) is 4.79 Å². The van der Waals surface area contributed by atoms with Crippen LogP contribution in [-0.2, 0) is 19.7 Å². The molecular formula is C16H20O3. The van der Waals surface area contributed by atoms with E-state index in [1.165, 1.54) is 18.2 Å². The molecule has 0 unspecified atom stereocenters. The molecule has 3 heteroatoms. The smallest absolute Gasteiger partial charge is 0.312 e. The normalized spacial score (nSPS) is 23.1. The highest BCUT2D eigenvalue weighted by Crippen LogP contribution is 2.59. The summed E-state index contributed by atoms with van der Waals surface area (Å²) in [7, 11) is 1.49. The molecule has 0 atom stereocenters. The molecule has 1 saturated heterocycles. The van der Waals surface area contributed by atoms with Crippen LogP contribution < -0.4 is 0 Å². The zero-order valence-electron chi connectivity index (χ0n) is 11.6. The summed E-state index contributed by atoms with van der Waals surface area (Å²) in [5.41, 5.74) is 1.91. The van der Waals surface area contributed by atoms with Crippen molar-refractivity contribution in [3.63, 3.8) is 0 Å². The third-order valence-corrected chi connectivity index (χ3v) is 5.00. The molecular weight excluding hydrogens is 240 g/mol. The van der Waals surface area contributed by atoms with Gasteiger partial charge in [0.15, 0.2) is 0 Å². The molecule has 1 aromatic carbocycles. The van der Waals surface area contributed by atoms with Gasteiger partial charge in [0.05, 0.1) is 31.2 Å². The molecule has 2 aliphatic rings. The number of ether oxygens (including phenoxy) is 2. The quantitative estimate of drug-likeness (QED) is 0.784. The highest BCUT2D eigenvalue weighted by molar-refractivity contribution is 5.80. The first kappa shape index (κ1) is 12.7. The van der Waals surface area contributed by atoms with Crippen LogP contribution in [0.4, 0.5) is 0 Å². The molecule has 3 nitrogen and oxygen atoms in total. The number of hydrogen-bond acceptors (Lipinski definition) is 3. The van der Waals surface area contributed by atoms with Gasteiger partial charge in [0.1, 0.15) is 0 Å². The summed E-state index contributed by atoms with van der Waals surface area (Å²) in [5.74, 6) is -0.0670. The number of carbonyl (C=O) groups is 1. The van der Waals surface area contributed by atoms with Crippen LogP contribution in [0.2, 0.25) is 0 Å². The molecule has 0 radical (unpaired) electrons. The summed E-state index contributed by atoms with van der Waals surface area (Å²) in [6.07, 6.45) is 2.93. The van der Waals surface area contributed by atoms with Crippen LogP contribution in [0.5, 0.6) is 0 Å². The second-order valence-electron chi connectivity index (χ2n) is 5.87. The lowest BCUT2D eigenvalue weighted by atomic mass is 9.49. The molecule has 1 aromatic rings. The van der Waals surface area contributed by atoms with Crippen molar-refractivity contribution in [2.75, 3.05) is 20.3 Å². The Kier molecular flexibility index (Phi) is 2.90. The Morgan fingerprint density at radius 1 is 1.21 bits per heavy atom. The monoisotopic (exact) mass is 260 g/mol. The van der Waals surface area contributed by atoms with Crippen LogP contribution in [0.1, 0.15) is 30.4 Å². The maximum absolute atomic E-state index is 12.3. The van der Waals surface area contributed by atoms with Crippen LogP contribution in [0, 0.1) is 12.3 Å². The molecule has 3 rings (SSSR count). The molecule has 1 aliphatic heterocycles. The Balaban J connectivity index is 2.03. The largest absolute Gasteiger partial charge is 0.469 e. The van der Waals surface area contributed by atoms with Crippen LogP contribution in [0.25, 0.3) is 0 Å². The van der Waals surface area contributed by atoms with Crippen molar-refractivity contribution in [2.24, 2.45) is 5.41 Å². The molecule has 0 spiro atoms. The van der Waals surface area contributed by atoms with Crippen molar-refractivity contribution in [2.45, 2.75) is 31.6 Å². The first-order valence-corrected chi connectivity index (χ1v) is 6.88. The fourth-order valence-electron chi connectivity index (χ4n) is 3.50. The van der Waals surface area contributed by atoms with Crippen molar-refractivity contribution >= 4 is 5.97 Å². The van der Waals surface area contributed by atoms with Gasteiger partial charge in [0, 0.05) is 0 Å². The topological polar surface area (TPSA) is 35.5 Å². The molecule has 1 heterocycles. The lowest BCUT2D eigenvalue weighted by Crippen LogP contribution is -2.65. The van der Waals surface area contributed by atoms with Gasteiger partial charge in [0.25, 0.3) is 0 Å². The van der Waals surface area contributed by atoms with Gasteiger partial charge in [-0.2, -0.15) is 0 Å². The highest BCUT2D eigenvalue weighted by atomic mass is 16.5. The van der Waals surface area contributed by atoms with Crippen molar-refractivity contribution in [1.82, 2.24) is 0 Å². The fourth-order valence-corrected chi connectivity index (χ4v) is 3.50. The summed E-state index contributed by atoms with van der Waals surface area (Å²) >= 11 is 0. The fraction of sp³-hybridized carbons (Fsp3) is 0.562. The second kappa shape index (κ2) is 4.34. The van der Waals surface area contributed by atoms with Crippen LogP contribution in [-0.4, -0.2) is 26.3 Å². The third-order valence-electron chi connectivity index (χ3n) is 5.00. The van der Waals surface area contributed by atoms with Gasteiger partial charge in [-0.3, -0.25) is 4.79 Å². The average Bonchev–Trinajstić information content (AvgIpc) is 2.32. The van der Waals surface area contributed by atoms with Crippen molar-refractivity contribution in [3.8, 4) is 0 Å². The van der Waals surface area contributed by atoms with Crippen molar-refractivity contribution in [3.05, 3.63) is 35.4 Å². The van der Waals surface area contributed by atoms with Gasteiger partial charge in [-0.25, -0.2) is 0 Å². The highest BCUT2D eigenvalue weighted by Gasteiger charge is 2.64. The number of benzene rings is 1. The number of carbonyl (C=O) groups excluding carboxylic acids is 1. The van der Waals surface area contributed by atoms with Gasteiger partial charge < -0.3 is 9.47 Å². The standard InChI is InChI=1S/C16H20O3/c1-12-4-6-13(7-5-12)16(10-19-11-16)15(8-3-9-15)14(17)18-2/h4-7H,3,8-11H2,1-2H3. The molecule has 2 fully saturated rings. The lowest BCUT2D eigenvalue weighted by Gasteiger charge is -2.58. The van der Waals surface area contributed by atoms with Gasteiger partial charge in [-0.1, -0.05) is 36.2 Å². The Bertz CT molecular complexity index is 481. The Labute approximate surface area is 113 Å². The maximum Gasteiger partial charge on any atom is 0.312 e. The minimum absolute atomic E-state index is 0.0670. The maximum atomic E-state index is 12.3. The summed E-state index contributed by atoms with van der Waals surface area (Å²) in [6.45, 7) is 3.34. The predicted octanol–water partition coefficient (Wildman–Crippen LogP) is 2.61. The van der Waals surface area contributed by atoms with E-state index in [-0.39, 0.29) is 16.8 Å². The van der Waals surface area contributed by atoms with Crippen molar-refractivity contribution in [1.29, 1.82) is 0 Å². The lowest BCUT2D eigenvalue weighted by molar-refractivity contribution is -0.195.